The number of benzene rings is 1. The molecule has 0 saturated carbocycles. The number of amides is 3. The number of hydrogen-bond acceptors (Lipinski definition) is 5. The highest BCUT2D eigenvalue weighted by molar-refractivity contribution is 8.00. The largest absolute Gasteiger partial charge is 0.462 e. The molecule has 7 heteroatoms. The Morgan fingerprint density at radius 1 is 1.33 bits per heavy atom. The van der Waals surface area contributed by atoms with Crippen LogP contribution in [0.2, 0.25) is 0 Å². The molecule has 0 fully saturated rings. The molecular weight excluding hydrogens is 292 g/mol. The molecule has 1 aromatic rings. The van der Waals surface area contributed by atoms with Gasteiger partial charge >= 0.3 is 12.0 Å². The first kappa shape index (κ1) is 17.0. The van der Waals surface area contributed by atoms with Crippen molar-refractivity contribution in [2.45, 2.75) is 24.0 Å². The van der Waals surface area contributed by atoms with Gasteiger partial charge in [-0.25, -0.2) is 9.59 Å². The van der Waals surface area contributed by atoms with E-state index in [0.717, 1.165) is 4.90 Å². The number of carbonyl (C=O) groups excluding carboxylic acids is 3. The Labute approximate surface area is 127 Å². The lowest BCUT2D eigenvalue weighted by molar-refractivity contribution is -0.119. The predicted molar refractivity (Wildman–Crippen MR) is 80.3 cm³/mol. The van der Waals surface area contributed by atoms with E-state index in [1.165, 1.54) is 18.8 Å². The molecule has 114 valence electrons. The minimum Gasteiger partial charge on any atom is -0.462 e. The van der Waals surface area contributed by atoms with E-state index in [1.807, 2.05) is 0 Å². The highest BCUT2D eigenvalue weighted by atomic mass is 32.2. The van der Waals surface area contributed by atoms with Crippen molar-refractivity contribution < 1.29 is 19.1 Å². The summed E-state index contributed by atoms with van der Waals surface area (Å²) < 4.78 is 4.92. The van der Waals surface area contributed by atoms with Gasteiger partial charge in [-0.1, -0.05) is 6.07 Å². The minimum absolute atomic E-state index is 0.307. The molecular formula is C14H18N2O4S. The van der Waals surface area contributed by atoms with Crippen molar-refractivity contribution in [3.05, 3.63) is 29.8 Å². The molecule has 1 atom stereocenters. The standard InChI is InChI=1S/C14H18N2O4S/c1-4-20-13(18)10-6-5-7-11(8-10)21-9(2)12(17)16-14(19)15-3/h5-9H,4H2,1-3H3,(H2,15,16,17,19)/t9-/m0/s1. The number of esters is 1. The monoisotopic (exact) mass is 310 g/mol. The Bertz CT molecular complexity index is 533. The number of urea groups is 1. The molecule has 3 amide bonds. The maximum Gasteiger partial charge on any atom is 0.338 e. The molecule has 0 saturated heterocycles. The molecule has 1 aromatic carbocycles. The van der Waals surface area contributed by atoms with Crippen molar-refractivity contribution in [3.63, 3.8) is 0 Å². The fourth-order valence-corrected chi connectivity index (χ4v) is 2.37. The lowest BCUT2D eigenvalue weighted by Crippen LogP contribution is -2.41. The van der Waals surface area contributed by atoms with Gasteiger partial charge in [0.2, 0.25) is 5.91 Å². The van der Waals surface area contributed by atoms with Crippen molar-refractivity contribution in [1.82, 2.24) is 10.6 Å². The molecule has 6 nitrogen and oxygen atoms in total. The van der Waals surface area contributed by atoms with E-state index in [2.05, 4.69) is 10.6 Å². The van der Waals surface area contributed by atoms with Crippen molar-refractivity contribution in [2.24, 2.45) is 0 Å². The van der Waals surface area contributed by atoms with Gasteiger partial charge in [0, 0.05) is 11.9 Å². The summed E-state index contributed by atoms with van der Waals surface area (Å²) in [4.78, 5) is 35.2. The predicted octanol–water partition coefficient (Wildman–Crippen LogP) is 1.80. The first-order chi connectivity index (χ1) is 9.97. The second-order valence-electron chi connectivity index (χ2n) is 4.08. The van der Waals surface area contributed by atoms with E-state index in [1.54, 1.807) is 38.1 Å². The Morgan fingerprint density at radius 2 is 2.05 bits per heavy atom. The van der Waals surface area contributed by atoms with Gasteiger partial charge in [-0.2, -0.15) is 0 Å². The third kappa shape index (κ3) is 5.47. The second kappa shape index (κ2) is 8.31. The molecule has 2 N–H and O–H groups in total. The number of thioether (sulfide) groups is 1. The molecule has 0 spiro atoms. The first-order valence-electron chi connectivity index (χ1n) is 6.44. The first-order valence-corrected chi connectivity index (χ1v) is 7.32. The molecule has 0 aliphatic carbocycles. The summed E-state index contributed by atoms with van der Waals surface area (Å²) in [6.45, 7) is 3.73. The van der Waals surface area contributed by atoms with E-state index in [0.29, 0.717) is 12.2 Å². The fourth-order valence-electron chi connectivity index (χ4n) is 1.44. The second-order valence-corrected chi connectivity index (χ2v) is 5.49. The van der Waals surface area contributed by atoms with Gasteiger partial charge in [-0.3, -0.25) is 10.1 Å². The van der Waals surface area contributed by atoms with E-state index in [9.17, 15) is 14.4 Å². The van der Waals surface area contributed by atoms with Crippen LogP contribution in [-0.2, 0) is 9.53 Å². The van der Waals surface area contributed by atoms with Gasteiger partial charge in [0.1, 0.15) is 0 Å². The number of carbonyl (C=O) groups is 3. The van der Waals surface area contributed by atoms with Crippen molar-refractivity contribution in [2.75, 3.05) is 13.7 Å². The number of rotatable bonds is 5. The Kier molecular flexibility index (Phi) is 6.74. The third-order valence-corrected chi connectivity index (χ3v) is 3.58. The van der Waals surface area contributed by atoms with Crippen LogP contribution in [-0.4, -0.2) is 36.8 Å². The zero-order valence-electron chi connectivity index (χ0n) is 12.1. The van der Waals surface area contributed by atoms with Crippen molar-refractivity contribution in [3.8, 4) is 0 Å². The summed E-state index contributed by atoms with van der Waals surface area (Å²) in [6, 6.07) is 6.27. The van der Waals surface area contributed by atoms with E-state index < -0.39 is 23.2 Å². The van der Waals surface area contributed by atoms with Crippen LogP contribution in [0.5, 0.6) is 0 Å². The summed E-state index contributed by atoms with van der Waals surface area (Å²) in [5.41, 5.74) is 0.431. The maximum absolute atomic E-state index is 11.8. The molecule has 0 aliphatic rings. The average Bonchev–Trinajstić information content (AvgIpc) is 2.47. The smallest absolute Gasteiger partial charge is 0.338 e. The van der Waals surface area contributed by atoms with Crippen LogP contribution in [0.3, 0.4) is 0 Å². The zero-order chi connectivity index (χ0) is 15.8. The van der Waals surface area contributed by atoms with E-state index in [4.69, 9.17) is 4.74 Å². The normalized spacial score (nSPS) is 11.4. The van der Waals surface area contributed by atoms with Gasteiger partial charge in [0.05, 0.1) is 17.4 Å². The topological polar surface area (TPSA) is 84.5 Å². The van der Waals surface area contributed by atoms with Crippen LogP contribution in [0.25, 0.3) is 0 Å². The SMILES string of the molecule is CCOC(=O)c1cccc(S[C@@H](C)C(=O)NC(=O)NC)c1. The molecule has 0 aliphatic heterocycles. The molecule has 1 rings (SSSR count). The van der Waals surface area contributed by atoms with Crippen LogP contribution >= 0.6 is 11.8 Å². The van der Waals surface area contributed by atoms with Crippen molar-refractivity contribution in [1.29, 1.82) is 0 Å². The fraction of sp³-hybridized carbons (Fsp3) is 0.357. The van der Waals surface area contributed by atoms with Crippen LogP contribution in [0.15, 0.2) is 29.2 Å². The Balaban J connectivity index is 2.70. The quantitative estimate of drug-likeness (QED) is 0.640. The van der Waals surface area contributed by atoms with Gasteiger partial charge in [0.25, 0.3) is 0 Å². The van der Waals surface area contributed by atoms with Gasteiger partial charge in [0.15, 0.2) is 0 Å². The molecule has 0 radical (unpaired) electrons. The molecule has 0 bridgehead atoms. The van der Waals surface area contributed by atoms with Crippen LogP contribution in [0.1, 0.15) is 24.2 Å². The summed E-state index contributed by atoms with van der Waals surface area (Å²) in [6.07, 6.45) is 0. The summed E-state index contributed by atoms with van der Waals surface area (Å²) in [5.74, 6) is -0.802. The van der Waals surface area contributed by atoms with E-state index in [-0.39, 0.29) is 0 Å². The number of imide groups is 1. The number of ether oxygens (including phenoxy) is 1. The lowest BCUT2D eigenvalue weighted by Gasteiger charge is -2.11. The Hall–Kier alpha value is -2.02. The highest BCUT2D eigenvalue weighted by Gasteiger charge is 2.17. The van der Waals surface area contributed by atoms with E-state index >= 15 is 0 Å². The number of nitrogens with one attached hydrogen (secondary N) is 2. The molecule has 0 aromatic heterocycles. The van der Waals surface area contributed by atoms with Gasteiger partial charge in [-0.05, 0) is 32.0 Å². The molecule has 0 unspecified atom stereocenters. The summed E-state index contributed by atoms with van der Waals surface area (Å²) >= 11 is 1.25. The summed E-state index contributed by atoms with van der Waals surface area (Å²) in [7, 11) is 1.43. The summed E-state index contributed by atoms with van der Waals surface area (Å²) in [5, 5.41) is 4.04. The zero-order valence-corrected chi connectivity index (χ0v) is 13.0. The highest BCUT2D eigenvalue weighted by Crippen LogP contribution is 2.24. The third-order valence-electron chi connectivity index (χ3n) is 2.49. The molecule has 0 heterocycles. The minimum atomic E-state index is -0.548. The lowest BCUT2D eigenvalue weighted by atomic mass is 10.2. The average molecular weight is 310 g/mol. The maximum atomic E-state index is 11.8. The Morgan fingerprint density at radius 3 is 2.67 bits per heavy atom. The van der Waals surface area contributed by atoms with Crippen LogP contribution in [0.4, 0.5) is 4.79 Å². The molecule has 21 heavy (non-hydrogen) atoms. The number of hydrogen-bond donors (Lipinski definition) is 2. The van der Waals surface area contributed by atoms with Crippen LogP contribution in [0, 0.1) is 0 Å². The van der Waals surface area contributed by atoms with Crippen LogP contribution < -0.4 is 10.6 Å². The van der Waals surface area contributed by atoms with Gasteiger partial charge < -0.3 is 10.1 Å². The van der Waals surface area contributed by atoms with Gasteiger partial charge in [-0.15, -0.1) is 11.8 Å². The van der Waals surface area contributed by atoms with Crippen molar-refractivity contribution >= 4 is 29.7 Å².